The highest BCUT2D eigenvalue weighted by Gasteiger charge is 2.15. The first-order valence-electron chi connectivity index (χ1n) is 4.64. The van der Waals surface area contributed by atoms with Gasteiger partial charge in [0.1, 0.15) is 5.75 Å². The third kappa shape index (κ3) is 1.75. The maximum absolute atomic E-state index is 9.83. The van der Waals surface area contributed by atoms with E-state index in [1.54, 1.807) is 19.1 Å². The number of aryl methyl sites for hydroxylation is 1. The van der Waals surface area contributed by atoms with Crippen molar-refractivity contribution in [2.24, 2.45) is 5.73 Å². The van der Waals surface area contributed by atoms with Gasteiger partial charge in [-0.05, 0) is 18.6 Å². The van der Waals surface area contributed by atoms with Gasteiger partial charge in [0.25, 0.3) is 0 Å². The molecule has 2 rings (SSSR count). The topological polar surface area (TPSA) is 85.2 Å². The van der Waals surface area contributed by atoms with E-state index in [0.29, 0.717) is 11.5 Å². The van der Waals surface area contributed by atoms with Crippen LogP contribution in [0.25, 0.3) is 11.4 Å². The molecule has 5 nitrogen and oxygen atoms in total. The Morgan fingerprint density at radius 3 is 2.88 bits per heavy atom. The number of aromatic nitrogens is 2. The Morgan fingerprint density at radius 2 is 2.25 bits per heavy atom. The van der Waals surface area contributed by atoms with Crippen LogP contribution in [0.3, 0.4) is 0 Å². The molecule has 1 heterocycles. The fraction of sp³-hybridized carbons (Fsp3) is 0.200. The minimum Gasteiger partial charge on any atom is -0.506 e. The standard InChI is InChI=1S/C10H10ClN3O2/c1-5-2-3-6(9(15)8(5)11)10-13-7(4-12)16-14-10/h2-3,15H,4,12H2,1H3. The third-order valence-electron chi connectivity index (χ3n) is 2.19. The lowest BCUT2D eigenvalue weighted by atomic mass is 10.1. The van der Waals surface area contributed by atoms with Crippen LogP contribution in [-0.4, -0.2) is 15.2 Å². The summed E-state index contributed by atoms with van der Waals surface area (Å²) in [5.74, 6) is 0.539. The third-order valence-corrected chi connectivity index (χ3v) is 2.67. The zero-order valence-corrected chi connectivity index (χ0v) is 9.32. The summed E-state index contributed by atoms with van der Waals surface area (Å²) in [6.45, 7) is 1.96. The summed E-state index contributed by atoms with van der Waals surface area (Å²) in [5.41, 5.74) is 6.56. The van der Waals surface area contributed by atoms with Crippen LogP contribution in [0.5, 0.6) is 5.75 Å². The summed E-state index contributed by atoms with van der Waals surface area (Å²) in [4.78, 5) is 4.01. The van der Waals surface area contributed by atoms with E-state index in [1.807, 2.05) is 0 Å². The smallest absolute Gasteiger partial charge is 0.240 e. The second kappa shape index (κ2) is 4.11. The van der Waals surface area contributed by atoms with Crippen molar-refractivity contribution in [1.82, 2.24) is 10.1 Å². The molecule has 3 N–H and O–H groups in total. The number of aromatic hydroxyl groups is 1. The van der Waals surface area contributed by atoms with E-state index in [9.17, 15) is 5.11 Å². The predicted molar refractivity (Wildman–Crippen MR) is 59.0 cm³/mol. The molecule has 1 aromatic carbocycles. The van der Waals surface area contributed by atoms with E-state index in [0.717, 1.165) is 5.56 Å². The minimum atomic E-state index is -0.0500. The molecule has 0 unspecified atom stereocenters. The zero-order valence-electron chi connectivity index (χ0n) is 8.57. The normalized spacial score (nSPS) is 10.7. The predicted octanol–water partition coefficient (Wildman–Crippen LogP) is 1.86. The van der Waals surface area contributed by atoms with Gasteiger partial charge in [-0.25, -0.2) is 0 Å². The fourth-order valence-electron chi connectivity index (χ4n) is 1.29. The van der Waals surface area contributed by atoms with Gasteiger partial charge >= 0.3 is 0 Å². The summed E-state index contributed by atoms with van der Waals surface area (Å²) in [5, 5.41) is 13.8. The number of hydrogen-bond donors (Lipinski definition) is 2. The van der Waals surface area contributed by atoms with Crippen LogP contribution in [0.4, 0.5) is 0 Å². The van der Waals surface area contributed by atoms with Gasteiger partial charge in [0.15, 0.2) is 0 Å². The summed E-state index contributed by atoms with van der Waals surface area (Å²) in [6, 6.07) is 3.46. The summed E-state index contributed by atoms with van der Waals surface area (Å²) in [7, 11) is 0. The quantitative estimate of drug-likeness (QED) is 0.836. The average molecular weight is 240 g/mol. The van der Waals surface area contributed by atoms with Crippen molar-refractivity contribution in [2.45, 2.75) is 13.5 Å². The van der Waals surface area contributed by atoms with Crippen LogP contribution < -0.4 is 5.73 Å². The van der Waals surface area contributed by atoms with Crippen molar-refractivity contribution >= 4 is 11.6 Å². The number of phenols is 1. The Balaban J connectivity index is 2.52. The molecule has 0 aliphatic carbocycles. The molecule has 0 saturated heterocycles. The molecule has 0 radical (unpaired) electrons. The van der Waals surface area contributed by atoms with Gasteiger partial charge in [0, 0.05) is 0 Å². The maximum Gasteiger partial charge on any atom is 0.240 e. The second-order valence-electron chi connectivity index (χ2n) is 3.31. The molecule has 0 spiro atoms. The Labute approximate surface area is 96.8 Å². The molecule has 16 heavy (non-hydrogen) atoms. The van der Waals surface area contributed by atoms with Crippen LogP contribution in [0.15, 0.2) is 16.7 Å². The van der Waals surface area contributed by atoms with Gasteiger partial charge in [0.05, 0.1) is 17.1 Å². The number of halogens is 1. The molecular weight excluding hydrogens is 230 g/mol. The number of benzene rings is 1. The number of hydrogen-bond acceptors (Lipinski definition) is 5. The highest BCUT2D eigenvalue weighted by molar-refractivity contribution is 6.33. The fourth-order valence-corrected chi connectivity index (χ4v) is 1.46. The van der Waals surface area contributed by atoms with E-state index in [-0.39, 0.29) is 23.1 Å². The summed E-state index contributed by atoms with van der Waals surface area (Å²) in [6.07, 6.45) is 0. The van der Waals surface area contributed by atoms with Gasteiger partial charge in [-0.15, -0.1) is 0 Å². The lowest BCUT2D eigenvalue weighted by molar-refractivity contribution is 0.380. The molecule has 0 aliphatic rings. The Kier molecular flexibility index (Phi) is 2.80. The van der Waals surface area contributed by atoms with Crippen molar-refractivity contribution in [3.05, 3.63) is 28.6 Å². The highest BCUT2D eigenvalue weighted by atomic mass is 35.5. The molecule has 84 valence electrons. The number of nitrogens with zero attached hydrogens (tertiary/aromatic N) is 2. The first-order valence-corrected chi connectivity index (χ1v) is 5.02. The molecule has 2 aromatic rings. The Morgan fingerprint density at radius 1 is 1.50 bits per heavy atom. The van der Waals surface area contributed by atoms with Crippen molar-refractivity contribution in [3.63, 3.8) is 0 Å². The molecule has 0 amide bonds. The lowest BCUT2D eigenvalue weighted by Gasteiger charge is -2.04. The Hall–Kier alpha value is -1.59. The summed E-state index contributed by atoms with van der Waals surface area (Å²) >= 11 is 5.91. The van der Waals surface area contributed by atoms with E-state index >= 15 is 0 Å². The zero-order chi connectivity index (χ0) is 11.7. The molecule has 0 fully saturated rings. The minimum absolute atomic E-state index is 0.0500. The van der Waals surface area contributed by atoms with Gasteiger partial charge in [-0.3, -0.25) is 0 Å². The summed E-state index contributed by atoms with van der Waals surface area (Å²) < 4.78 is 4.85. The van der Waals surface area contributed by atoms with Gasteiger partial charge in [-0.1, -0.05) is 22.8 Å². The number of phenolic OH excluding ortho intramolecular Hbond substituents is 1. The molecule has 6 heteroatoms. The van der Waals surface area contributed by atoms with Crippen LogP contribution in [0.2, 0.25) is 5.02 Å². The first-order chi connectivity index (χ1) is 7.63. The molecule has 0 bridgehead atoms. The van der Waals surface area contributed by atoms with E-state index in [2.05, 4.69) is 10.1 Å². The van der Waals surface area contributed by atoms with Gasteiger partial charge in [-0.2, -0.15) is 4.98 Å². The van der Waals surface area contributed by atoms with E-state index < -0.39 is 0 Å². The lowest BCUT2D eigenvalue weighted by Crippen LogP contribution is -1.95. The van der Waals surface area contributed by atoms with Crippen molar-refractivity contribution in [2.75, 3.05) is 0 Å². The average Bonchev–Trinajstić information content (AvgIpc) is 2.74. The second-order valence-corrected chi connectivity index (χ2v) is 3.69. The van der Waals surface area contributed by atoms with Gasteiger partial charge < -0.3 is 15.4 Å². The molecule has 0 saturated carbocycles. The molecule has 0 aliphatic heterocycles. The van der Waals surface area contributed by atoms with Crippen molar-refractivity contribution in [1.29, 1.82) is 0 Å². The van der Waals surface area contributed by atoms with Crippen LogP contribution in [0, 0.1) is 6.92 Å². The highest BCUT2D eigenvalue weighted by Crippen LogP contribution is 2.35. The number of nitrogens with two attached hydrogens (primary N) is 1. The largest absolute Gasteiger partial charge is 0.506 e. The first kappa shape index (κ1) is 10.9. The molecule has 0 atom stereocenters. The number of rotatable bonds is 2. The van der Waals surface area contributed by atoms with Crippen molar-refractivity contribution < 1.29 is 9.63 Å². The van der Waals surface area contributed by atoms with Crippen LogP contribution in [0.1, 0.15) is 11.5 Å². The van der Waals surface area contributed by atoms with E-state index in [4.69, 9.17) is 21.9 Å². The molecule has 1 aromatic heterocycles. The van der Waals surface area contributed by atoms with Crippen LogP contribution in [-0.2, 0) is 6.54 Å². The monoisotopic (exact) mass is 239 g/mol. The van der Waals surface area contributed by atoms with E-state index in [1.165, 1.54) is 0 Å². The molecular formula is C10H10ClN3O2. The van der Waals surface area contributed by atoms with Crippen LogP contribution >= 0.6 is 11.6 Å². The van der Waals surface area contributed by atoms with Crippen molar-refractivity contribution in [3.8, 4) is 17.1 Å². The van der Waals surface area contributed by atoms with Gasteiger partial charge in [0.2, 0.25) is 11.7 Å². The SMILES string of the molecule is Cc1ccc(-c2noc(CN)n2)c(O)c1Cl. The Bertz CT molecular complexity index is 525. The maximum atomic E-state index is 9.83.